The zero-order chi connectivity index (χ0) is 13.3. The van der Waals surface area contributed by atoms with E-state index >= 15 is 0 Å². The fourth-order valence-corrected chi connectivity index (χ4v) is 3.84. The zero-order valence-electron chi connectivity index (χ0n) is 11.9. The molecule has 18 heavy (non-hydrogen) atoms. The highest BCUT2D eigenvalue weighted by molar-refractivity contribution is 7.19. The number of fused-ring (bicyclic) bond motifs is 1. The van der Waals surface area contributed by atoms with Gasteiger partial charge in [-0.3, -0.25) is 0 Å². The van der Waals surface area contributed by atoms with E-state index in [1.54, 1.807) is 0 Å². The van der Waals surface area contributed by atoms with Crippen LogP contribution < -0.4 is 0 Å². The molecule has 0 saturated heterocycles. The zero-order valence-corrected chi connectivity index (χ0v) is 12.7. The Kier molecular flexibility index (Phi) is 3.79. The quantitative estimate of drug-likeness (QED) is 0.726. The Morgan fingerprint density at radius 2 is 1.89 bits per heavy atom. The lowest BCUT2D eigenvalue weighted by molar-refractivity contribution is -0.0111. The van der Waals surface area contributed by atoms with E-state index in [9.17, 15) is 0 Å². The smallest absolute Gasteiger partial charge is 0.0967 e. The van der Waals surface area contributed by atoms with Gasteiger partial charge in [0.15, 0.2) is 0 Å². The molecule has 1 aromatic carbocycles. The first kappa shape index (κ1) is 13.6. The number of hydrogen-bond donors (Lipinski definition) is 0. The van der Waals surface area contributed by atoms with Crippen LogP contribution in [0.25, 0.3) is 10.1 Å². The summed E-state index contributed by atoms with van der Waals surface area (Å²) in [6, 6.07) is 8.62. The molecule has 0 saturated carbocycles. The van der Waals surface area contributed by atoms with Crippen molar-refractivity contribution < 1.29 is 4.74 Å². The van der Waals surface area contributed by atoms with E-state index in [-0.39, 0.29) is 11.5 Å². The van der Waals surface area contributed by atoms with Crippen molar-refractivity contribution in [2.75, 3.05) is 6.61 Å². The van der Waals surface area contributed by atoms with Crippen LogP contribution >= 0.6 is 11.3 Å². The van der Waals surface area contributed by atoms with Gasteiger partial charge in [-0.15, -0.1) is 11.3 Å². The first-order chi connectivity index (χ1) is 8.45. The lowest BCUT2D eigenvalue weighted by Gasteiger charge is -2.30. The summed E-state index contributed by atoms with van der Waals surface area (Å²) in [7, 11) is 0. The first-order valence-electron chi connectivity index (χ1n) is 6.54. The second-order valence-electron chi connectivity index (χ2n) is 5.79. The predicted molar refractivity (Wildman–Crippen MR) is 80.4 cm³/mol. The molecule has 0 radical (unpaired) electrons. The van der Waals surface area contributed by atoms with Gasteiger partial charge in [-0.2, -0.15) is 0 Å². The molecule has 0 aliphatic carbocycles. The van der Waals surface area contributed by atoms with Gasteiger partial charge in [0.1, 0.15) is 0 Å². The molecule has 0 spiro atoms. The molecule has 1 aromatic heterocycles. The molecule has 2 aromatic rings. The Labute approximate surface area is 114 Å². The molecule has 0 aliphatic rings. The highest BCUT2D eigenvalue weighted by atomic mass is 32.1. The summed E-state index contributed by atoms with van der Waals surface area (Å²) in [5.74, 6) is 0. The summed E-state index contributed by atoms with van der Waals surface area (Å²) < 4.78 is 7.37. The van der Waals surface area contributed by atoms with E-state index in [0.717, 1.165) is 6.61 Å². The van der Waals surface area contributed by atoms with Gasteiger partial charge < -0.3 is 4.74 Å². The maximum absolute atomic E-state index is 6.01. The molecule has 1 atom stereocenters. The summed E-state index contributed by atoms with van der Waals surface area (Å²) in [4.78, 5) is 1.38. The summed E-state index contributed by atoms with van der Waals surface area (Å²) in [6.07, 6.45) is 0.180. The molecule has 0 fully saturated rings. The predicted octanol–water partition coefficient (Wildman–Crippen LogP) is 5.33. The van der Waals surface area contributed by atoms with Gasteiger partial charge in [-0.25, -0.2) is 0 Å². The van der Waals surface area contributed by atoms with Gasteiger partial charge in [-0.1, -0.05) is 39.0 Å². The lowest BCUT2D eigenvalue weighted by Crippen LogP contribution is -2.21. The third-order valence-corrected chi connectivity index (χ3v) is 4.55. The van der Waals surface area contributed by atoms with E-state index in [1.165, 1.54) is 20.5 Å². The number of hydrogen-bond acceptors (Lipinski definition) is 2. The monoisotopic (exact) mass is 262 g/mol. The molecule has 2 heteroatoms. The highest BCUT2D eigenvalue weighted by Crippen LogP contribution is 2.43. The van der Waals surface area contributed by atoms with Crippen LogP contribution in [0.5, 0.6) is 0 Å². The van der Waals surface area contributed by atoms with Crippen molar-refractivity contribution in [3.05, 3.63) is 34.7 Å². The molecule has 0 bridgehead atoms. The molecule has 0 N–H and O–H groups in total. The van der Waals surface area contributed by atoms with Crippen molar-refractivity contribution in [3.8, 4) is 0 Å². The highest BCUT2D eigenvalue weighted by Gasteiger charge is 2.30. The Bertz CT molecular complexity index is 534. The molecule has 1 unspecified atom stereocenters. The van der Waals surface area contributed by atoms with E-state index in [0.29, 0.717) is 0 Å². The van der Waals surface area contributed by atoms with Gasteiger partial charge in [0.25, 0.3) is 0 Å². The number of thiophene rings is 1. The second-order valence-corrected chi connectivity index (χ2v) is 6.87. The standard InChI is InChI=1S/C16H22OS/c1-6-17-15(16(3,4)5)14-11(2)12-9-7-8-10-13(12)18-14/h7-10,15H,6H2,1-5H3. The van der Waals surface area contributed by atoms with E-state index in [4.69, 9.17) is 4.74 Å². The van der Waals surface area contributed by atoms with Crippen molar-refractivity contribution >= 4 is 21.4 Å². The van der Waals surface area contributed by atoms with Gasteiger partial charge >= 0.3 is 0 Å². The lowest BCUT2D eigenvalue weighted by atomic mass is 9.86. The fraction of sp³-hybridized carbons (Fsp3) is 0.500. The maximum Gasteiger partial charge on any atom is 0.0967 e. The Hall–Kier alpha value is -0.860. The Balaban J connectivity index is 2.54. The summed E-state index contributed by atoms with van der Waals surface area (Å²) in [5, 5.41) is 1.37. The number of benzene rings is 1. The molecule has 1 heterocycles. The third-order valence-electron chi connectivity index (χ3n) is 3.24. The Morgan fingerprint density at radius 3 is 2.44 bits per heavy atom. The number of aryl methyl sites for hydroxylation is 1. The fourth-order valence-electron chi connectivity index (χ4n) is 2.33. The largest absolute Gasteiger partial charge is 0.372 e. The van der Waals surface area contributed by atoms with E-state index in [1.807, 2.05) is 11.3 Å². The van der Waals surface area contributed by atoms with Crippen LogP contribution in [-0.2, 0) is 4.74 Å². The molecule has 0 amide bonds. The minimum Gasteiger partial charge on any atom is -0.372 e. The normalized spacial score (nSPS) is 14.1. The Morgan fingerprint density at radius 1 is 1.22 bits per heavy atom. The van der Waals surface area contributed by atoms with Crippen molar-refractivity contribution in [1.29, 1.82) is 0 Å². The minimum absolute atomic E-state index is 0.127. The van der Waals surface area contributed by atoms with Gasteiger partial charge in [0, 0.05) is 16.2 Å². The molecule has 1 nitrogen and oxygen atoms in total. The van der Waals surface area contributed by atoms with Crippen LogP contribution in [-0.4, -0.2) is 6.61 Å². The average Bonchev–Trinajstić information content (AvgIpc) is 2.63. The molecule has 2 rings (SSSR count). The van der Waals surface area contributed by atoms with Crippen LogP contribution in [0.15, 0.2) is 24.3 Å². The molecular formula is C16H22OS. The van der Waals surface area contributed by atoms with Gasteiger partial charge in [0.05, 0.1) is 6.10 Å². The first-order valence-corrected chi connectivity index (χ1v) is 7.36. The van der Waals surface area contributed by atoms with Crippen molar-refractivity contribution in [2.45, 2.75) is 40.7 Å². The van der Waals surface area contributed by atoms with Crippen LogP contribution in [0.4, 0.5) is 0 Å². The second kappa shape index (κ2) is 5.02. The van der Waals surface area contributed by atoms with E-state index < -0.39 is 0 Å². The van der Waals surface area contributed by atoms with Crippen molar-refractivity contribution in [3.63, 3.8) is 0 Å². The number of rotatable bonds is 3. The summed E-state index contributed by atoms with van der Waals surface area (Å²) >= 11 is 1.87. The van der Waals surface area contributed by atoms with Crippen LogP contribution in [0.2, 0.25) is 0 Å². The van der Waals surface area contributed by atoms with Gasteiger partial charge in [0.2, 0.25) is 0 Å². The van der Waals surface area contributed by atoms with E-state index in [2.05, 4.69) is 58.9 Å². The molecular weight excluding hydrogens is 240 g/mol. The van der Waals surface area contributed by atoms with Gasteiger partial charge in [-0.05, 0) is 36.3 Å². The molecule has 98 valence electrons. The van der Waals surface area contributed by atoms with Crippen molar-refractivity contribution in [1.82, 2.24) is 0 Å². The topological polar surface area (TPSA) is 9.23 Å². The van der Waals surface area contributed by atoms with Crippen molar-refractivity contribution in [2.24, 2.45) is 5.41 Å². The SMILES string of the molecule is CCOC(c1sc2ccccc2c1C)C(C)(C)C. The molecule has 0 aliphatic heterocycles. The maximum atomic E-state index is 6.01. The third kappa shape index (κ3) is 2.45. The summed E-state index contributed by atoms with van der Waals surface area (Å²) in [6.45, 7) is 11.8. The van der Waals surface area contributed by atoms with Crippen LogP contribution in [0.1, 0.15) is 44.2 Å². The van der Waals surface area contributed by atoms with Crippen LogP contribution in [0.3, 0.4) is 0 Å². The number of ether oxygens (including phenoxy) is 1. The summed E-state index contributed by atoms with van der Waals surface area (Å²) in [5.41, 5.74) is 1.51. The average molecular weight is 262 g/mol. The minimum atomic E-state index is 0.127. The van der Waals surface area contributed by atoms with Crippen LogP contribution in [0, 0.1) is 12.3 Å².